The molecule has 0 saturated heterocycles. The number of aryl methyl sites for hydroxylation is 1. The van der Waals surface area contributed by atoms with Gasteiger partial charge in [0.05, 0.1) is 18.0 Å². The Morgan fingerprint density at radius 1 is 1.06 bits per heavy atom. The van der Waals surface area contributed by atoms with Crippen LogP contribution in [-0.4, -0.2) is 30.4 Å². The first-order valence-electron chi connectivity index (χ1n) is 10.1. The number of nitrogens with one attached hydrogen (secondary N) is 1. The molecule has 2 aromatic carbocycles. The highest BCUT2D eigenvalue weighted by atomic mass is 16.6. The Kier molecular flexibility index (Phi) is 5.80. The molecule has 2 aromatic heterocycles. The smallest absolute Gasteiger partial charge is 0.312 e. The van der Waals surface area contributed by atoms with Crippen LogP contribution < -0.4 is 5.32 Å². The molecule has 0 aliphatic carbocycles. The Balaban J connectivity index is 1.44. The molecule has 4 aromatic rings. The van der Waals surface area contributed by atoms with Crippen molar-refractivity contribution in [2.45, 2.75) is 26.9 Å². The normalized spacial score (nSPS) is 10.8. The minimum Gasteiger partial charge on any atom is -0.322 e. The third kappa shape index (κ3) is 4.56. The first kappa shape index (κ1) is 21.0. The first-order chi connectivity index (χ1) is 15.4. The van der Waals surface area contributed by atoms with Crippen molar-refractivity contribution in [2.24, 2.45) is 0 Å². The van der Waals surface area contributed by atoms with E-state index in [-0.39, 0.29) is 11.6 Å². The van der Waals surface area contributed by atoms with Crippen LogP contribution in [0.4, 0.5) is 11.4 Å². The maximum Gasteiger partial charge on any atom is 0.312 e. The summed E-state index contributed by atoms with van der Waals surface area (Å²) < 4.78 is 3.42. The highest BCUT2D eigenvalue weighted by molar-refractivity contribution is 6.04. The molecule has 0 aliphatic rings. The highest BCUT2D eigenvalue weighted by Crippen LogP contribution is 2.23. The summed E-state index contributed by atoms with van der Waals surface area (Å²) in [4.78, 5) is 23.5. The first-order valence-corrected chi connectivity index (χ1v) is 10.1. The lowest BCUT2D eigenvalue weighted by molar-refractivity contribution is -0.386. The van der Waals surface area contributed by atoms with Crippen molar-refractivity contribution in [3.8, 4) is 0 Å². The number of amides is 1. The summed E-state index contributed by atoms with van der Waals surface area (Å²) in [5.74, 6) is -0.231. The van der Waals surface area contributed by atoms with Crippen LogP contribution >= 0.6 is 0 Å². The van der Waals surface area contributed by atoms with E-state index in [1.807, 2.05) is 47.3 Å². The van der Waals surface area contributed by atoms with Gasteiger partial charge in [0.15, 0.2) is 0 Å². The fourth-order valence-electron chi connectivity index (χ4n) is 3.57. The Morgan fingerprint density at radius 3 is 2.50 bits per heavy atom. The molecule has 9 nitrogen and oxygen atoms in total. The third-order valence-electron chi connectivity index (χ3n) is 5.16. The number of hydrogen-bond donors (Lipinski definition) is 1. The van der Waals surface area contributed by atoms with Crippen LogP contribution in [0.1, 0.15) is 32.9 Å². The summed E-state index contributed by atoms with van der Waals surface area (Å²) in [5, 5.41) is 22.6. The van der Waals surface area contributed by atoms with Gasteiger partial charge in [-0.1, -0.05) is 24.3 Å². The Hall–Kier alpha value is -4.27. The fraction of sp³-hybridized carbons (Fsp3) is 0.174. The number of nitrogens with zero attached hydrogens (tertiary/aromatic N) is 5. The molecule has 0 aliphatic heterocycles. The van der Waals surface area contributed by atoms with Crippen LogP contribution in [0.25, 0.3) is 0 Å². The lowest BCUT2D eigenvalue weighted by atomic mass is 10.1. The molecule has 1 N–H and O–H groups in total. The van der Waals surface area contributed by atoms with Gasteiger partial charge < -0.3 is 5.32 Å². The Morgan fingerprint density at radius 2 is 1.84 bits per heavy atom. The van der Waals surface area contributed by atoms with Gasteiger partial charge in [-0.2, -0.15) is 10.2 Å². The minimum atomic E-state index is -0.418. The summed E-state index contributed by atoms with van der Waals surface area (Å²) in [6.45, 7) is 4.29. The predicted molar refractivity (Wildman–Crippen MR) is 120 cm³/mol. The van der Waals surface area contributed by atoms with E-state index in [4.69, 9.17) is 0 Å². The SMILES string of the molecule is Cc1nn(Cc2cccc(C(=O)Nc3ccc(Cn4cccn4)cc3)c2)c(C)c1[N+](=O)[O-]. The Bertz CT molecular complexity index is 1260. The zero-order valence-electron chi connectivity index (χ0n) is 17.7. The fourth-order valence-corrected chi connectivity index (χ4v) is 3.57. The van der Waals surface area contributed by atoms with Crippen LogP contribution in [0.2, 0.25) is 0 Å². The van der Waals surface area contributed by atoms with Crippen molar-refractivity contribution in [1.29, 1.82) is 0 Å². The number of aromatic nitrogens is 4. The number of hydrogen-bond acceptors (Lipinski definition) is 5. The van der Waals surface area contributed by atoms with Gasteiger partial charge in [-0.05, 0) is 55.3 Å². The molecule has 162 valence electrons. The molecule has 0 bridgehead atoms. The predicted octanol–water partition coefficient (Wildman–Crippen LogP) is 3.95. The highest BCUT2D eigenvalue weighted by Gasteiger charge is 2.21. The molecule has 2 heterocycles. The lowest BCUT2D eigenvalue weighted by Crippen LogP contribution is -2.13. The third-order valence-corrected chi connectivity index (χ3v) is 5.16. The quantitative estimate of drug-likeness (QED) is 0.353. The summed E-state index contributed by atoms with van der Waals surface area (Å²) in [5.41, 5.74) is 3.98. The minimum absolute atomic E-state index is 0.0231. The van der Waals surface area contributed by atoms with E-state index in [0.717, 1.165) is 11.1 Å². The molecule has 32 heavy (non-hydrogen) atoms. The van der Waals surface area contributed by atoms with Gasteiger partial charge in [0.1, 0.15) is 11.4 Å². The van der Waals surface area contributed by atoms with Gasteiger partial charge in [0.25, 0.3) is 5.91 Å². The van der Waals surface area contributed by atoms with Gasteiger partial charge in [0.2, 0.25) is 0 Å². The summed E-state index contributed by atoms with van der Waals surface area (Å²) in [6, 6.07) is 16.6. The average Bonchev–Trinajstić information content (AvgIpc) is 3.37. The van der Waals surface area contributed by atoms with Crippen molar-refractivity contribution >= 4 is 17.3 Å². The van der Waals surface area contributed by atoms with Crippen molar-refractivity contribution in [2.75, 3.05) is 5.32 Å². The summed E-state index contributed by atoms with van der Waals surface area (Å²) in [6.07, 6.45) is 3.63. The van der Waals surface area contributed by atoms with Crippen LogP contribution in [0, 0.1) is 24.0 Å². The number of carbonyl (C=O) groups is 1. The average molecular weight is 430 g/mol. The van der Waals surface area contributed by atoms with Crippen molar-refractivity contribution in [3.05, 3.63) is 105 Å². The van der Waals surface area contributed by atoms with E-state index >= 15 is 0 Å². The molecule has 0 radical (unpaired) electrons. The van der Waals surface area contributed by atoms with Gasteiger partial charge in [0, 0.05) is 23.6 Å². The van der Waals surface area contributed by atoms with E-state index < -0.39 is 4.92 Å². The monoisotopic (exact) mass is 430 g/mol. The molecule has 0 atom stereocenters. The van der Waals surface area contributed by atoms with Crippen LogP contribution in [0.3, 0.4) is 0 Å². The molecular formula is C23H22N6O3. The second kappa shape index (κ2) is 8.84. The molecule has 0 unspecified atom stereocenters. The standard InChI is InChI=1S/C23H22N6O3/c1-16-22(29(31)32)17(2)28(26-16)15-19-5-3-6-20(13-19)23(30)25-21-9-7-18(8-10-21)14-27-12-4-11-24-27/h3-13H,14-15H2,1-2H3,(H,25,30). The summed E-state index contributed by atoms with van der Waals surface area (Å²) in [7, 11) is 0. The zero-order chi connectivity index (χ0) is 22.7. The van der Waals surface area contributed by atoms with Crippen molar-refractivity contribution < 1.29 is 9.72 Å². The van der Waals surface area contributed by atoms with Gasteiger partial charge in [-0.25, -0.2) is 0 Å². The Labute approximate surface area is 184 Å². The topological polar surface area (TPSA) is 108 Å². The van der Waals surface area contributed by atoms with E-state index in [1.165, 1.54) is 0 Å². The number of benzene rings is 2. The zero-order valence-corrected chi connectivity index (χ0v) is 17.7. The molecule has 1 amide bonds. The molecule has 0 spiro atoms. The summed E-state index contributed by atoms with van der Waals surface area (Å²) >= 11 is 0. The number of anilines is 1. The van der Waals surface area contributed by atoms with Crippen molar-refractivity contribution in [1.82, 2.24) is 19.6 Å². The lowest BCUT2D eigenvalue weighted by Gasteiger charge is -2.09. The number of nitro groups is 1. The molecule has 0 fully saturated rings. The van der Waals surface area contributed by atoms with E-state index in [1.54, 1.807) is 42.9 Å². The van der Waals surface area contributed by atoms with Gasteiger partial charge in [-0.15, -0.1) is 0 Å². The second-order valence-electron chi connectivity index (χ2n) is 7.49. The van der Waals surface area contributed by atoms with E-state index in [9.17, 15) is 14.9 Å². The van der Waals surface area contributed by atoms with E-state index in [2.05, 4.69) is 15.5 Å². The molecule has 0 saturated carbocycles. The van der Waals surface area contributed by atoms with Gasteiger partial charge >= 0.3 is 5.69 Å². The van der Waals surface area contributed by atoms with Crippen LogP contribution in [0.15, 0.2) is 67.0 Å². The number of carbonyl (C=O) groups excluding carboxylic acids is 1. The number of rotatable bonds is 7. The van der Waals surface area contributed by atoms with Crippen LogP contribution in [-0.2, 0) is 13.1 Å². The van der Waals surface area contributed by atoms with Gasteiger partial charge in [-0.3, -0.25) is 24.3 Å². The molecular weight excluding hydrogens is 408 g/mol. The van der Waals surface area contributed by atoms with Crippen LogP contribution in [0.5, 0.6) is 0 Å². The largest absolute Gasteiger partial charge is 0.322 e. The second-order valence-corrected chi connectivity index (χ2v) is 7.49. The van der Waals surface area contributed by atoms with Crippen molar-refractivity contribution in [3.63, 3.8) is 0 Å². The molecule has 9 heteroatoms. The molecule has 4 rings (SSSR count). The van der Waals surface area contributed by atoms with E-state index in [0.29, 0.717) is 35.7 Å². The maximum atomic E-state index is 12.7. The maximum absolute atomic E-state index is 12.7.